The summed E-state index contributed by atoms with van der Waals surface area (Å²) < 4.78 is 44.7. The van der Waals surface area contributed by atoms with E-state index in [4.69, 9.17) is 4.52 Å². The number of carbonyl (C=O) groups excluding carboxylic acids is 1. The molecule has 0 radical (unpaired) electrons. The fourth-order valence-electron chi connectivity index (χ4n) is 2.68. The van der Waals surface area contributed by atoms with Gasteiger partial charge < -0.3 is 9.84 Å². The van der Waals surface area contributed by atoms with Crippen molar-refractivity contribution in [2.75, 3.05) is 5.32 Å². The quantitative estimate of drug-likeness (QED) is 0.508. The van der Waals surface area contributed by atoms with Gasteiger partial charge in [0.2, 0.25) is 0 Å². The zero-order chi connectivity index (χ0) is 19.0. The third-order valence-electron chi connectivity index (χ3n) is 4.02. The first-order chi connectivity index (χ1) is 13.0. The molecule has 4 aromatic rings. The van der Waals surface area contributed by atoms with E-state index in [2.05, 4.69) is 10.5 Å². The van der Waals surface area contributed by atoms with Gasteiger partial charge in [-0.25, -0.2) is 13.2 Å². The molecule has 27 heavy (non-hydrogen) atoms. The Balaban J connectivity index is 1.59. The topological polar surface area (TPSA) is 55.1 Å². The van der Waals surface area contributed by atoms with Crippen molar-refractivity contribution in [1.29, 1.82) is 0 Å². The van der Waals surface area contributed by atoms with Crippen molar-refractivity contribution in [2.45, 2.75) is 0 Å². The standard InChI is InChI=1S/C20H11F3N2O2/c21-15-8-14(9-16(22)19(15)23)24-20(26)17-10-18(27-25-17)13-6-5-11-3-1-2-4-12(11)7-13/h1-10H,(H,24,26). The van der Waals surface area contributed by atoms with Crippen molar-refractivity contribution in [1.82, 2.24) is 5.16 Å². The van der Waals surface area contributed by atoms with E-state index in [0.717, 1.165) is 16.3 Å². The SMILES string of the molecule is O=C(Nc1cc(F)c(F)c(F)c1)c1cc(-c2ccc3ccccc3c2)on1. The van der Waals surface area contributed by atoms with Crippen LogP contribution in [-0.4, -0.2) is 11.1 Å². The van der Waals surface area contributed by atoms with E-state index in [1.54, 1.807) is 0 Å². The first kappa shape index (κ1) is 16.8. The zero-order valence-corrected chi connectivity index (χ0v) is 13.7. The second-order valence-corrected chi connectivity index (χ2v) is 5.85. The highest BCUT2D eigenvalue weighted by atomic mass is 19.2. The molecule has 1 aromatic heterocycles. The van der Waals surface area contributed by atoms with E-state index in [0.29, 0.717) is 17.9 Å². The van der Waals surface area contributed by atoms with Gasteiger partial charge in [-0.15, -0.1) is 0 Å². The lowest BCUT2D eigenvalue weighted by atomic mass is 10.1. The number of fused-ring (bicyclic) bond motifs is 1. The summed E-state index contributed by atoms with van der Waals surface area (Å²) in [6.07, 6.45) is 0. The zero-order valence-electron chi connectivity index (χ0n) is 13.7. The van der Waals surface area contributed by atoms with Crippen LogP contribution in [0.3, 0.4) is 0 Å². The van der Waals surface area contributed by atoms with Crippen LogP contribution in [0, 0.1) is 17.5 Å². The second kappa shape index (κ2) is 6.60. The number of rotatable bonds is 3. The van der Waals surface area contributed by atoms with Crippen molar-refractivity contribution in [3.63, 3.8) is 0 Å². The third-order valence-corrected chi connectivity index (χ3v) is 4.02. The average Bonchev–Trinajstić information content (AvgIpc) is 3.16. The lowest BCUT2D eigenvalue weighted by Crippen LogP contribution is -2.13. The molecular weight excluding hydrogens is 357 g/mol. The van der Waals surface area contributed by atoms with Crippen LogP contribution in [0.5, 0.6) is 0 Å². The number of aromatic nitrogens is 1. The molecular formula is C20H11F3N2O2. The Morgan fingerprint density at radius 3 is 2.33 bits per heavy atom. The van der Waals surface area contributed by atoms with Gasteiger partial charge in [0.05, 0.1) is 0 Å². The lowest BCUT2D eigenvalue weighted by molar-refractivity contribution is 0.101. The van der Waals surface area contributed by atoms with Crippen molar-refractivity contribution in [3.8, 4) is 11.3 Å². The number of halogens is 3. The van der Waals surface area contributed by atoms with Crippen molar-refractivity contribution in [2.24, 2.45) is 0 Å². The Kier molecular flexibility index (Phi) is 4.12. The normalized spacial score (nSPS) is 10.9. The molecule has 0 atom stereocenters. The summed E-state index contributed by atoms with van der Waals surface area (Å²) in [5.74, 6) is -4.78. The highest BCUT2D eigenvalue weighted by Crippen LogP contribution is 2.25. The predicted octanol–water partition coefficient (Wildman–Crippen LogP) is 5.16. The molecule has 3 aromatic carbocycles. The van der Waals surface area contributed by atoms with Crippen molar-refractivity contribution in [3.05, 3.63) is 83.8 Å². The van der Waals surface area contributed by atoms with Crippen LogP contribution in [0.1, 0.15) is 10.5 Å². The molecule has 0 spiro atoms. The summed E-state index contributed by atoms with van der Waals surface area (Å²) >= 11 is 0. The summed E-state index contributed by atoms with van der Waals surface area (Å²) in [4.78, 5) is 12.2. The number of nitrogens with zero attached hydrogens (tertiary/aromatic N) is 1. The third kappa shape index (κ3) is 3.27. The van der Waals surface area contributed by atoms with E-state index in [1.807, 2.05) is 42.5 Å². The van der Waals surface area contributed by atoms with E-state index < -0.39 is 23.4 Å². The number of hydrogen-bond acceptors (Lipinski definition) is 3. The summed E-state index contributed by atoms with van der Waals surface area (Å²) in [5.41, 5.74) is 0.411. The molecule has 0 bridgehead atoms. The van der Waals surface area contributed by atoms with Crippen LogP contribution in [0.25, 0.3) is 22.1 Å². The molecule has 4 nitrogen and oxygen atoms in total. The molecule has 0 aliphatic rings. The van der Waals surface area contributed by atoms with E-state index in [1.165, 1.54) is 6.07 Å². The smallest absolute Gasteiger partial charge is 0.277 e. The molecule has 134 valence electrons. The first-order valence-electron chi connectivity index (χ1n) is 7.93. The molecule has 1 heterocycles. The minimum Gasteiger partial charge on any atom is -0.355 e. The lowest BCUT2D eigenvalue weighted by Gasteiger charge is -2.04. The Labute approximate surface area is 151 Å². The highest BCUT2D eigenvalue weighted by Gasteiger charge is 2.17. The molecule has 0 aliphatic heterocycles. The molecule has 1 N–H and O–H groups in total. The van der Waals surface area contributed by atoms with Gasteiger partial charge in [0.15, 0.2) is 28.9 Å². The Morgan fingerprint density at radius 2 is 1.59 bits per heavy atom. The van der Waals surface area contributed by atoms with Crippen molar-refractivity contribution < 1.29 is 22.5 Å². The number of benzene rings is 3. The minimum atomic E-state index is -1.60. The summed E-state index contributed by atoms with van der Waals surface area (Å²) in [7, 11) is 0. The molecule has 4 rings (SSSR count). The molecule has 0 unspecified atom stereocenters. The van der Waals surface area contributed by atoms with Gasteiger partial charge in [-0.2, -0.15) is 0 Å². The Morgan fingerprint density at radius 1 is 0.889 bits per heavy atom. The van der Waals surface area contributed by atoms with Gasteiger partial charge in [0.25, 0.3) is 5.91 Å². The van der Waals surface area contributed by atoms with Crippen LogP contribution >= 0.6 is 0 Å². The van der Waals surface area contributed by atoms with Gasteiger partial charge in [-0.3, -0.25) is 4.79 Å². The van der Waals surface area contributed by atoms with Crippen LogP contribution in [0.4, 0.5) is 18.9 Å². The number of nitrogens with one attached hydrogen (secondary N) is 1. The number of amides is 1. The Hall–Kier alpha value is -3.61. The summed E-state index contributed by atoms with van der Waals surface area (Å²) in [6, 6.07) is 16.2. The van der Waals surface area contributed by atoms with Gasteiger partial charge in [0.1, 0.15) is 0 Å². The van der Waals surface area contributed by atoms with Crippen LogP contribution < -0.4 is 5.32 Å². The van der Waals surface area contributed by atoms with Gasteiger partial charge in [-0.1, -0.05) is 41.6 Å². The molecule has 7 heteroatoms. The van der Waals surface area contributed by atoms with Gasteiger partial charge >= 0.3 is 0 Å². The molecule has 0 saturated carbocycles. The van der Waals surface area contributed by atoms with E-state index in [9.17, 15) is 18.0 Å². The fraction of sp³-hybridized carbons (Fsp3) is 0. The predicted molar refractivity (Wildman–Crippen MR) is 93.7 cm³/mol. The maximum Gasteiger partial charge on any atom is 0.277 e. The van der Waals surface area contributed by atoms with Crippen LogP contribution in [-0.2, 0) is 0 Å². The number of carbonyl (C=O) groups is 1. The summed E-state index contributed by atoms with van der Waals surface area (Å²) in [5, 5.41) is 7.99. The molecule has 0 saturated heterocycles. The maximum atomic E-state index is 13.2. The minimum absolute atomic E-state index is 0.0803. The van der Waals surface area contributed by atoms with E-state index in [-0.39, 0.29) is 11.4 Å². The van der Waals surface area contributed by atoms with Crippen LogP contribution in [0.15, 0.2) is 65.2 Å². The van der Waals surface area contributed by atoms with E-state index >= 15 is 0 Å². The Bertz CT molecular complexity index is 1150. The molecule has 0 aliphatic carbocycles. The summed E-state index contributed by atoms with van der Waals surface area (Å²) in [6.45, 7) is 0. The largest absolute Gasteiger partial charge is 0.355 e. The monoisotopic (exact) mass is 368 g/mol. The number of anilines is 1. The van der Waals surface area contributed by atoms with Gasteiger partial charge in [-0.05, 0) is 16.8 Å². The van der Waals surface area contributed by atoms with Gasteiger partial charge in [0, 0.05) is 29.4 Å². The highest BCUT2D eigenvalue weighted by molar-refractivity contribution is 6.03. The molecule has 0 fully saturated rings. The number of hydrogen-bond donors (Lipinski definition) is 1. The molecule has 1 amide bonds. The second-order valence-electron chi connectivity index (χ2n) is 5.85. The maximum absolute atomic E-state index is 13.2. The van der Waals surface area contributed by atoms with Crippen LogP contribution in [0.2, 0.25) is 0 Å². The fourth-order valence-corrected chi connectivity index (χ4v) is 2.68. The van der Waals surface area contributed by atoms with Crippen molar-refractivity contribution >= 4 is 22.4 Å². The average molecular weight is 368 g/mol. The first-order valence-corrected chi connectivity index (χ1v) is 7.93.